The summed E-state index contributed by atoms with van der Waals surface area (Å²) in [5.74, 6) is 0.419. The number of allylic oxidation sites excluding steroid dienone is 1. The van der Waals surface area contributed by atoms with Crippen LogP contribution in [0.4, 0.5) is 9.18 Å². The number of benzene rings is 3. The minimum atomic E-state index is -0.582. The van der Waals surface area contributed by atoms with E-state index in [-0.39, 0.29) is 35.7 Å². The summed E-state index contributed by atoms with van der Waals surface area (Å²) in [5.41, 5.74) is 1.50. The van der Waals surface area contributed by atoms with Gasteiger partial charge in [-0.25, -0.2) is 4.39 Å². The Morgan fingerprint density at radius 1 is 0.927 bits per heavy atom. The molecule has 5 rings (SSSR count). The third-order valence-corrected chi connectivity index (χ3v) is 7.26. The molecule has 0 radical (unpaired) electrons. The second-order valence-electron chi connectivity index (χ2n) is 8.82. The predicted molar refractivity (Wildman–Crippen MR) is 152 cm³/mol. The van der Waals surface area contributed by atoms with Crippen LogP contribution in [0.5, 0.6) is 23.0 Å². The van der Waals surface area contributed by atoms with Crippen LogP contribution in [0.3, 0.4) is 0 Å². The zero-order valence-electron chi connectivity index (χ0n) is 22.2. The first-order valence-electron chi connectivity index (χ1n) is 12.4. The second kappa shape index (κ2) is 11.8. The topological polar surface area (TPSA) is 113 Å². The minimum Gasteiger partial charge on any atom is -0.493 e. The summed E-state index contributed by atoms with van der Waals surface area (Å²) in [6, 6.07) is 15.7. The van der Waals surface area contributed by atoms with Gasteiger partial charge >= 0.3 is 0 Å². The van der Waals surface area contributed by atoms with Crippen molar-refractivity contribution in [2.45, 2.75) is 6.92 Å². The van der Waals surface area contributed by atoms with E-state index < -0.39 is 22.4 Å². The van der Waals surface area contributed by atoms with Gasteiger partial charge in [-0.2, -0.15) is 0 Å². The monoisotopic (exact) mass is 577 g/mol. The van der Waals surface area contributed by atoms with Crippen molar-refractivity contribution in [3.63, 3.8) is 0 Å². The van der Waals surface area contributed by atoms with Crippen LogP contribution in [0.1, 0.15) is 12.5 Å². The maximum atomic E-state index is 14.0. The van der Waals surface area contributed by atoms with Gasteiger partial charge in [0.05, 0.1) is 24.5 Å². The van der Waals surface area contributed by atoms with E-state index in [2.05, 4.69) is 5.32 Å². The Kier molecular flexibility index (Phi) is 7.97. The van der Waals surface area contributed by atoms with Crippen molar-refractivity contribution < 1.29 is 37.3 Å². The van der Waals surface area contributed by atoms with Crippen molar-refractivity contribution >= 4 is 39.5 Å². The molecule has 1 saturated heterocycles. The lowest BCUT2D eigenvalue weighted by Gasteiger charge is -2.14. The van der Waals surface area contributed by atoms with E-state index in [4.69, 9.17) is 23.4 Å². The van der Waals surface area contributed by atoms with Crippen LogP contribution in [0.15, 0.2) is 74.8 Å². The average molecular weight is 578 g/mol. The lowest BCUT2D eigenvalue weighted by atomic mass is 10.1. The molecule has 1 aromatic heterocycles. The quantitative estimate of drug-likeness (QED) is 0.195. The predicted octanol–water partition coefficient (Wildman–Crippen LogP) is 5.79. The fourth-order valence-electron chi connectivity index (χ4n) is 4.26. The molecule has 1 aliphatic heterocycles. The van der Waals surface area contributed by atoms with Gasteiger partial charge in [-0.05, 0) is 78.4 Å². The molecule has 9 nitrogen and oxygen atoms in total. The first-order valence-corrected chi connectivity index (χ1v) is 13.2. The molecule has 0 atom stereocenters. The van der Waals surface area contributed by atoms with Crippen molar-refractivity contribution in [1.82, 2.24) is 5.32 Å². The molecule has 0 aliphatic carbocycles. The van der Waals surface area contributed by atoms with Gasteiger partial charge in [0.25, 0.3) is 11.1 Å². The number of carbonyl (C=O) groups excluding carboxylic acids is 2. The number of amides is 2. The Labute approximate surface area is 237 Å². The van der Waals surface area contributed by atoms with Gasteiger partial charge in [0.1, 0.15) is 30.4 Å². The summed E-state index contributed by atoms with van der Waals surface area (Å²) < 4.78 is 42.4. The summed E-state index contributed by atoms with van der Waals surface area (Å²) >= 11 is 0.851. The van der Waals surface area contributed by atoms with E-state index in [0.717, 1.165) is 17.8 Å². The Hall–Kier alpha value is -4.77. The van der Waals surface area contributed by atoms with Crippen LogP contribution >= 0.6 is 11.8 Å². The standard InChI is InChI=1S/C30H24FNO8S/c1-16(28-29(34)32-30(35)41-28)17-5-4-6-20(13-17)38-11-12-39-27-25(33)21-15-19(31)8-10-22(21)40-26(27)18-7-9-23(36-2)24(14-18)37-3/h4-10,13-15H,11-12H2,1-3H3,(H,32,34,35). The Bertz CT molecular complexity index is 1760. The van der Waals surface area contributed by atoms with E-state index in [1.165, 1.54) is 26.4 Å². The highest BCUT2D eigenvalue weighted by molar-refractivity contribution is 8.18. The molecule has 4 aromatic rings. The summed E-state index contributed by atoms with van der Waals surface area (Å²) in [5, 5.41) is 1.87. The van der Waals surface area contributed by atoms with Gasteiger partial charge in [-0.1, -0.05) is 12.1 Å². The highest BCUT2D eigenvalue weighted by Crippen LogP contribution is 2.37. The average Bonchev–Trinajstić information content (AvgIpc) is 3.33. The molecule has 1 aliphatic rings. The summed E-state index contributed by atoms with van der Waals surface area (Å²) in [7, 11) is 3.00. The highest BCUT2D eigenvalue weighted by atomic mass is 32.2. The van der Waals surface area contributed by atoms with Crippen LogP contribution in [0, 0.1) is 5.82 Å². The third-order valence-electron chi connectivity index (χ3n) is 6.28. The van der Waals surface area contributed by atoms with Gasteiger partial charge in [0.2, 0.25) is 11.2 Å². The van der Waals surface area contributed by atoms with Crippen molar-refractivity contribution in [1.29, 1.82) is 0 Å². The summed E-state index contributed by atoms with van der Waals surface area (Å²) in [6.07, 6.45) is 0. The zero-order chi connectivity index (χ0) is 29.1. The molecule has 1 fully saturated rings. The highest BCUT2D eigenvalue weighted by Gasteiger charge is 2.27. The molecular weight excluding hydrogens is 553 g/mol. The summed E-state index contributed by atoms with van der Waals surface area (Å²) in [6.45, 7) is 1.77. The van der Waals surface area contributed by atoms with Gasteiger partial charge in [-0.3, -0.25) is 19.7 Å². The smallest absolute Gasteiger partial charge is 0.290 e. The van der Waals surface area contributed by atoms with Crippen molar-refractivity contribution in [3.05, 3.63) is 87.2 Å². The zero-order valence-corrected chi connectivity index (χ0v) is 23.1. The van der Waals surface area contributed by atoms with Crippen LogP contribution in [-0.2, 0) is 4.79 Å². The maximum absolute atomic E-state index is 14.0. The van der Waals surface area contributed by atoms with Crippen LogP contribution < -0.4 is 29.7 Å². The molecule has 0 unspecified atom stereocenters. The molecule has 11 heteroatoms. The van der Waals surface area contributed by atoms with Gasteiger partial charge in [0, 0.05) is 5.56 Å². The largest absolute Gasteiger partial charge is 0.493 e. The Balaban J connectivity index is 1.39. The van der Waals surface area contributed by atoms with E-state index >= 15 is 0 Å². The summed E-state index contributed by atoms with van der Waals surface area (Å²) in [4.78, 5) is 37.3. The first-order chi connectivity index (χ1) is 19.8. The lowest BCUT2D eigenvalue weighted by Crippen LogP contribution is -2.18. The SMILES string of the molecule is COc1ccc(-c2oc3ccc(F)cc3c(=O)c2OCCOc2cccc(C(C)=C3SC(=O)NC3=O)c2)cc1OC. The van der Waals surface area contributed by atoms with Gasteiger partial charge < -0.3 is 23.4 Å². The molecule has 3 aromatic carbocycles. The van der Waals surface area contributed by atoms with Crippen molar-refractivity contribution in [2.75, 3.05) is 27.4 Å². The number of halogens is 1. The van der Waals surface area contributed by atoms with E-state index in [0.29, 0.717) is 38.9 Å². The second-order valence-corrected chi connectivity index (χ2v) is 9.81. The molecule has 41 heavy (non-hydrogen) atoms. The molecule has 1 N–H and O–H groups in total. The number of rotatable bonds is 9. The van der Waals surface area contributed by atoms with E-state index in [1.54, 1.807) is 49.4 Å². The van der Waals surface area contributed by atoms with Gasteiger partial charge in [-0.15, -0.1) is 0 Å². The fraction of sp³-hybridized carbons (Fsp3) is 0.167. The number of fused-ring (bicyclic) bond motifs is 1. The number of ether oxygens (including phenoxy) is 4. The molecule has 0 saturated carbocycles. The van der Waals surface area contributed by atoms with E-state index in [1.807, 2.05) is 0 Å². The van der Waals surface area contributed by atoms with Crippen molar-refractivity contribution in [2.24, 2.45) is 0 Å². The molecule has 210 valence electrons. The molecule has 0 bridgehead atoms. The van der Waals surface area contributed by atoms with Crippen molar-refractivity contribution in [3.8, 4) is 34.3 Å². The molecule has 2 heterocycles. The first kappa shape index (κ1) is 27.8. The number of carbonyl (C=O) groups is 2. The van der Waals surface area contributed by atoms with Gasteiger partial charge in [0.15, 0.2) is 17.3 Å². The Morgan fingerprint density at radius 2 is 1.71 bits per heavy atom. The number of thioether (sulfide) groups is 1. The number of hydrogen-bond donors (Lipinski definition) is 1. The molecule has 2 amide bonds. The van der Waals surface area contributed by atoms with Crippen LogP contribution in [-0.4, -0.2) is 38.6 Å². The minimum absolute atomic E-state index is 0.0358. The third kappa shape index (κ3) is 5.75. The Morgan fingerprint density at radius 3 is 2.44 bits per heavy atom. The van der Waals surface area contributed by atoms with Crippen LogP contribution in [0.25, 0.3) is 27.9 Å². The maximum Gasteiger partial charge on any atom is 0.290 e. The molecular formula is C30H24FNO8S. The van der Waals surface area contributed by atoms with E-state index in [9.17, 15) is 18.8 Å². The number of hydrogen-bond acceptors (Lipinski definition) is 9. The number of nitrogens with one attached hydrogen (secondary N) is 1. The van der Waals surface area contributed by atoms with Crippen LogP contribution in [0.2, 0.25) is 0 Å². The fourth-order valence-corrected chi connectivity index (χ4v) is 5.01. The molecule has 0 spiro atoms. The normalized spacial score (nSPS) is 14.1. The number of imide groups is 1. The number of methoxy groups -OCH3 is 2. The lowest BCUT2D eigenvalue weighted by molar-refractivity contribution is -0.115.